The van der Waals surface area contributed by atoms with Crippen molar-refractivity contribution >= 4 is 22.8 Å². The van der Waals surface area contributed by atoms with Gasteiger partial charge in [-0.05, 0) is 124 Å². The molecule has 0 spiro atoms. The van der Waals surface area contributed by atoms with Gasteiger partial charge >= 0.3 is 0 Å². The zero-order valence-electron chi connectivity index (χ0n) is 35.6. The Morgan fingerprint density at radius 3 is 0.962 bits per heavy atom. The maximum atomic E-state index is 5.58. The molecule has 2 aromatic carbocycles. The van der Waals surface area contributed by atoms with Crippen LogP contribution >= 0.6 is 0 Å². The predicted octanol–water partition coefficient (Wildman–Crippen LogP) is 17.0. The van der Waals surface area contributed by atoms with Crippen molar-refractivity contribution < 1.29 is 0 Å². The molecule has 0 unspecified atom stereocenters. The van der Waals surface area contributed by atoms with Crippen molar-refractivity contribution in [3.05, 3.63) is 58.7 Å². The molecule has 2 rings (SSSR count). The fraction of sp³-hybridized carbons (Fsp3) is 0.720. The lowest BCUT2D eigenvalue weighted by molar-refractivity contribution is 0.613. The van der Waals surface area contributed by atoms with E-state index in [2.05, 4.69) is 77.9 Å². The highest BCUT2D eigenvalue weighted by molar-refractivity contribution is 6.43. The monoisotopic (exact) mass is 713 g/mol. The maximum Gasteiger partial charge on any atom is 0.0636 e. The second-order valence-electron chi connectivity index (χ2n) is 15.9. The highest BCUT2D eigenvalue weighted by Crippen LogP contribution is 2.27. The average molecular weight is 713 g/mol. The van der Waals surface area contributed by atoms with Gasteiger partial charge in [0.1, 0.15) is 0 Å². The van der Waals surface area contributed by atoms with Gasteiger partial charge in [0.2, 0.25) is 0 Å². The molecule has 0 heterocycles. The number of aliphatic imine (C=N–C) groups is 2. The van der Waals surface area contributed by atoms with Crippen LogP contribution in [0.4, 0.5) is 11.4 Å². The number of hydrogen-bond donors (Lipinski definition) is 0. The van der Waals surface area contributed by atoms with E-state index in [0.717, 1.165) is 24.2 Å². The Bertz CT molecular complexity index is 1130. The molecule has 0 aliphatic carbocycles. The second kappa shape index (κ2) is 31.2. The number of hydrogen-bond acceptors (Lipinski definition) is 2. The lowest BCUT2D eigenvalue weighted by atomic mass is 9.96. The minimum Gasteiger partial charge on any atom is -0.252 e. The number of rotatable bonds is 33. The second-order valence-corrected chi connectivity index (χ2v) is 15.9. The van der Waals surface area contributed by atoms with Crippen LogP contribution in [-0.4, -0.2) is 11.4 Å². The summed E-state index contributed by atoms with van der Waals surface area (Å²) in [6, 6.07) is 14.4. The van der Waals surface area contributed by atoms with Gasteiger partial charge < -0.3 is 0 Å². The smallest absolute Gasteiger partial charge is 0.0636 e. The highest BCUT2D eigenvalue weighted by Gasteiger charge is 2.14. The SMILES string of the molecule is CCCCCCCCC(=Nc1ccc(CCCCC)c(CCCCC)c1)C(CCCCCCCC)=Nc1ccc(CCCCC)c(CCCCC)c1. The van der Waals surface area contributed by atoms with Crippen LogP contribution in [0.15, 0.2) is 46.4 Å². The van der Waals surface area contributed by atoms with Gasteiger partial charge in [0, 0.05) is 0 Å². The lowest BCUT2D eigenvalue weighted by Gasteiger charge is -2.15. The topological polar surface area (TPSA) is 24.7 Å². The third kappa shape index (κ3) is 20.3. The van der Waals surface area contributed by atoms with E-state index in [1.54, 1.807) is 11.1 Å². The van der Waals surface area contributed by atoms with E-state index in [9.17, 15) is 0 Å². The molecule has 0 atom stereocenters. The number of unbranched alkanes of at least 4 members (excludes halogenated alkanes) is 18. The van der Waals surface area contributed by atoms with Crippen LogP contribution in [0.3, 0.4) is 0 Å². The van der Waals surface area contributed by atoms with E-state index >= 15 is 0 Å². The molecule has 2 nitrogen and oxygen atoms in total. The Hall–Kier alpha value is -2.22. The molecule has 0 aliphatic heterocycles. The summed E-state index contributed by atoms with van der Waals surface area (Å²) in [5.41, 5.74) is 11.0. The summed E-state index contributed by atoms with van der Waals surface area (Å²) in [4.78, 5) is 11.2. The molecule has 0 saturated carbocycles. The molecule has 0 amide bonds. The predicted molar refractivity (Wildman–Crippen MR) is 236 cm³/mol. The zero-order chi connectivity index (χ0) is 37.5. The van der Waals surface area contributed by atoms with Crippen LogP contribution < -0.4 is 0 Å². The lowest BCUT2D eigenvalue weighted by Crippen LogP contribution is -2.15. The Morgan fingerprint density at radius 1 is 0.327 bits per heavy atom. The summed E-state index contributed by atoms with van der Waals surface area (Å²) in [5.74, 6) is 0. The van der Waals surface area contributed by atoms with E-state index in [0.29, 0.717) is 0 Å². The molecule has 0 bridgehead atoms. The molecule has 0 N–H and O–H groups in total. The molecule has 294 valence electrons. The van der Waals surface area contributed by atoms with E-state index in [1.165, 1.54) is 202 Å². The van der Waals surface area contributed by atoms with Crippen molar-refractivity contribution in [1.29, 1.82) is 0 Å². The van der Waals surface area contributed by atoms with Gasteiger partial charge in [0.05, 0.1) is 22.8 Å². The standard InChI is InChI=1S/C50H84N2/c1-7-13-19-21-23-29-35-49(51-47-39-37-43(31-25-15-9-3)45(41-47)33-27-17-11-5)50(36-30-24-22-20-14-8-2)52-48-40-38-44(32-26-16-10-4)46(42-48)34-28-18-12-6/h37-42H,7-36H2,1-6H3. The van der Waals surface area contributed by atoms with Gasteiger partial charge in [-0.1, -0.05) is 169 Å². The summed E-state index contributed by atoms with van der Waals surface area (Å²) >= 11 is 0. The molecule has 2 aromatic rings. The van der Waals surface area contributed by atoms with Gasteiger partial charge in [-0.3, -0.25) is 9.98 Å². The van der Waals surface area contributed by atoms with Gasteiger partial charge in [0.25, 0.3) is 0 Å². The Morgan fingerprint density at radius 2 is 0.615 bits per heavy atom. The molecular formula is C50H84N2. The maximum absolute atomic E-state index is 5.58. The van der Waals surface area contributed by atoms with Crippen LogP contribution in [0.5, 0.6) is 0 Å². The zero-order valence-corrected chi connectivity index (χ0v) is 35.6. The van der Waals surface area contributed by atoms with Gasteiger partial charge in [-0.15, -0.1) is 0 Å². The molecule has 0 saturated heterocycles. The minimum absolute atomic E-state index is 1.03. The fourth-order valence-corrected chi connectivity index (χ4v) is 7.57. The van der Waals surface area contributed by atoms with Crippen LogP contribution in [0.2, 0.25) is 0 Å². The molecule has 0 fully saturated rings. The van der Waals surface area contributed by atoms with Crippen LogP contribution in [0.1, 0.15) is 231 Å². The third-order valence-electron chi connectivity index (χ3n) is 11.0. The van der Waals surface area contributed by atoms with E-state index < -0.39 is 0 Å². The van der Waals surface area contributed by atoms with Crippen molar-refractivity contribution in [3.8, 4) is 0 Å². The summed E-state index contributed by atoms with van der Waals surface area (Å²) in [6.45, 7) is 13.9. The van der Waals surface area contributed by atoms with Crippen LogP contribution in [0.25, 0.3) is 0 Å². The third-order valence-corrected chi connectivity index (χ3v) is 11.0. The molecular weight excluding hydrogens is 629 g/mol. The first-order valence-corrected chi connectivity index (χ1v) is 23.0. The quantitative estimate of drug-likeness (QED) is 0.0520. The van der Waals surface area contributed by atoms with Gasteiger partial charge in [0.15, 0.2) is 0 Å². The molecule has 2 heteroatoms. The van der Waals surface area contributed by atoms with Gasteiger partial charge in [-0.2, -0.15) is 0 Å². The van der Waals surface area contributed by atoms with Crippen molar-refractivity contribution in [2.45, 2.75) is 234 Å². The van der Waals surface area contributed by atoms with Crippen LogP contribution in [-0.2, 0) is 25.7 Å². The summed E-state index contributed by atoms with van der Waals surface area (Å²) in [5, 5.41) is 0. The number of nitrogens with zero attached hydrogens (tertiary/aromatic N) is 2. The first kappa shape index (κ1) is 45.9. The van der Waals surface area contributed by atoms with E-state index in [4.69, 9.17) is 9.98 Å². The fourth-order valence-electron chi connectivity index (χ4n) is 7.57. The molecule has 0 radical (unpaired) electrons. The first-order valence-electron chi connectivity index (χ1n) is 23.0. The Kier molecular flexibility index (Phi) is 27.5. The number of benzene rings is 2. The average Bonchev–Trinajstić information content (AvgIpc) is 3.15. The molecule has 0 aliphatic rings. The Balaban J connectivity index is 2.57. The molecule has 0 aromatic heterocycles. The highest BCUT2D eigenvalue weighted by atomic mass is 14.8. The van der Waals surface area contributed by atoms with Crippen molar-refractivity contribution in [2.75, 3.05) is 0 Å². The van der Waals surface area contributed by atoms with Crippen LogP contribution in [0, 0.1) is 0 Å². The van der Waals surface area contributed by atoms with Crippen molar-refractivity contribution in [1.82, 2.24) is 0 Å². The summed E-state index contributed by atoms with van der Waals surface area (Å²) in [6.07, 6.45) is 37.9. The summed E-state index contributed by atoms with van der Waals surface area (Å²) in [7, 11) is 0. The Labute approximate surface area is 324 Å². The van der Waals surface area contributed by atoms with Crippen molar-refractivity contribution in [2.24, 2.45) is 9.98 Å². The van der Waals surface area contributed by atoms with E-state index in [1.807, 2.05) is 0 Å². The normalized spacial score (nSPS) is 12.3. The minimum atomic E-state index is 1.03. The summed E-state index contributed by atoms with van der Waals surface area (Å²) < 4.78 is 0. The molecule has 52 heavy (non-hydrogen) atoms. The first-order chi connectivity index (χ1) is 25.6. The number of aryl methyl sites for hydroxylation is 4. The van der Waals surface area contributed by atoms with Crippen molar-refractivity contribution in [3.63, 3.8) is 0 Å². The van der Waals surface area contributed by atoms with Gasteiger partial charge in [-0.25, -0.2) is 0 Å². The van der Waals surface area contributed by atoms with E-state index in [-0.39, 0.29) is 0 Å². The largest absolute Gasteiger partial charge is 0.252 e.